The van der Waals surface area contributed by atoms with Crippen molar-refractivity contribution in [3.63, 3.8) is 0 Å². The summed E-state index contributed by atoms with van der Waals surface area (Å²) in [5.74, 6) is -1.29. The molecule has 2 aromatic carbocycles. The molecule has 0 saturated carbocycles. The summed E-state index contributed by atoms with van der Waals surface area (Å²) in [5, 5.41) is 5.10. The van der Waals surface area contributed by atoms with Crippen molar-refractivity contribution in [2.45, 2.75) is 13.8 Å². The van der Waals surface area contributed by atoms with Crippen molar-refractivity contribution in [1.29, 1.82) is 0 Å². The van der Waals surface area contributed by atoms with Gasteiger partial charge in [-0.3, -0.25) is 9.59 Å². The summed E-state index contributed by atoms with van der Waals surface area (Å²) < 4.78 is 5.03. The van der Waals surface area contributed by atoms with E-state index >= 15 is 0 Å². The molecule has 2 N–H and O–H groups in total. The monoisotopic (exact) mass is 340 g/mol. The van der Waals surface area contributed by atoms with Gasteiger partial charge in [0.15, 0.2) is 6.61 Å². The van der Waals surface area contributed by atoms with Crippen LogP contribution in [0.3, 0.4) is 0 Å². The van der Waals surface area contributed by atoms with Crippen LogP contribution < -0.4 is 10.6 Å². The van der Waals surface area contributed by atoms with E-state index in [1.807, 2.05) is 19.9 Å². The Labute approximate surface area is 146 Å². The highest BCUT2D eigenvalue weighted by atomic mass is 16.5. The zero-order valence-corrected chi connectivity index (χ0v) is 14.4. The van der Waals surface area contributed by atoms with Crippen LogP contribution in [0.1, 0.15) is 31.8 Å². The number of carbonyl (C=O) groups is 3. The first kappa shape index (κ1) is 18.2. The fraction of sp³-hybridized carbons (Fsp3) is 0.211. The van der Waals surface area contributed by atoms with E-state index in [1.165, 1.54) is 7.05 Å². The normalized spacial score (nSPS) is 10.0. The molecule has 2 rings (SSSR count). The maximum atomic E-state index is 12.0. The number of hydrogen-bond acceptors (Lipinski definition) is 4. The Hall–Kier alpha value is -3.15. The molecule has 6 nitrogen and oxygen atoms in total. The van der Waals surface area contributed by atoms with Crippen LogP contribution in [0.5, 0.6) is 0 Å². The number of benzene rings is 2. The van der Waals surface area contributed by atoms with Gasteiger partial charge in [0.25, 0.3) is 11.8 Å². The number of rotatable bonds is 5. The van der Waals surface area contributed by atoms with Crippen LogP contribution in [0.2, 0.25) is 0 Å². The van der Waals surface area contributed by atoms with Gasteiger partial charge in [0.2, 0.25) is 0 Å². The summed E-state index contributed by atoms with van der Waals surface area (Å²) >= 11 is 0. The number of carbonyl (C=O) groups excluding carboxylic acids is 3. The molecule has 130 valence electrons. The first-order chi connectivity index (χ1) is 11.9. The average Bonchev–Trinajstić information content (AvgIpc) is 2.61. The molecule has 0 aromatic heterocycles. The molecule has 0 bridgehead atoms. The quantitative estimate of drug-likeness (QED) is 0.819. The smallest absolute Gasteiger partial charge is 0.338 e. The summed E-state index contributed by atoms with van der Waals surface area (Å²) in [6.45, 7) is 3.44. The Morgan fingerprint density at radius 1 is 0.960 bits per heavy atom. The van der Waals surface area contributed by atoms with E-state index < -0.39 is 18.5 Å². The highest BCUT2D eigenvalue weighted by Gasteiger charge is 2.12. The SMILES string of the molecule is CNC(=O)c1cccc(NC(=O)COC(=O)c2ccc(C)c(C)c2)c1. The van der Waals surface area contributed by atoms with E-state index in [2.05, 4.69) is 10.6 Å². The maximum Gasteiger partial charge on any atom is 0.338 e. The van der Waals surface area contributed by atoms with Gasteiger partial charge in [-0.2, -0.15) is 0 Å². The first-order valence-corrected chi connectivity index (χ1v) is 7.77. The highest BCUT2D eigenvalue weighted by molar-refractivity contribution is 5.98. The molecule has 0 atom stereocenters. The minimum Gasteiger partial charge on any atom is -0.452 e. The second-order valence-electron chi connectivity index (χ2n) is 5.58. The number of aryl methyl sites for hydroxylation is 2. The van der Waals surface area contributed by atoms with E-state index in [-0.39, 0.29) is 5.91 Å². The molecule has 0 radical (unpaired) electrons. The number of anilines is 1. The molecular weight excluding hydrogens is 320 g/mol. The third-order valence-corrected chi connectivity index (χ3v) is 3.71. The Morgan fingerprint density at radius 3 is 2.40 bits per heavy atom. The van der Waals surface area contributed by atoms with Crippen molar-refractivity contribution in [3.8, 4) is 0 Å². The predicted molar refractivity (Wildman–Crippen MR) is 94.7 cm³/mol. The number of nitrogens with one attached hydrogen (secondary N) is 2. The largest absolute Gasteiger partial charge is 0.452 e. The summed E-state index contributed by atoms with van der Waals surface area (Å²) in [7, 11) is 1.53. The Morgan fingerprint density at radius 2 is 1.72 bits per heavy atom. The van der Waals surface area contributed by atoms with Crippen molar-refractivity contribution < 1.29 is 19.1 Å². The van der Waals surface area contributed by atoms with Gasteiger partial charge < -0.3 is 15.4 Å². The van der Waals surface area contributed by atoms with Gasteiger partial charge >= 0.3 is 5.97 Å². The fourth-order valence-electron chi connectivity index (χ4n) is 2.16. The molecule has 0 aliphatic carbocycles. The third kappa shape index (κ3) is 4.91. The van der Waals surface area contributed by atoms with E-state index in [0.717, 1.165) is 11.1 Å². The molecule has 2 amide bonds. The van der Waals surface area contributed by atoms with Crippen molar-refractivity contribution in [2.24, 2.45) is 0 Å². The molecule has 0 aliphatic rings. The van der Waals surface area contributed by atoms with E-state index in [4.69, 9.17) is 4.74 Å². The number of hydrogen-bond donors (Lipinski definition) is 2. The first-order valence-electron chi connectivity index (χ1n) is 7.77. The van der Waals surface area contributed by atoms with Crippen molar-refractivity contribution in [3.05, 3.63) is 64.7 Å². The molecule has 0 heterocycles. The lowest BCUT2D eigenvalue weighted by Gasteiger charge is -2.09. The van der Waals surface area contributed by atoms with Gasteiger partial charge in [-0.05, 0) is 55.3 Å². The molecule has 6 heteroatoms. The minimum absolute atomic E-state index is 0.253. The van der Waals surface area contributed by atoms with E-state index in [0.29, 0.717) is 16.8 Å². The second kappa shape index (κ2) is 8.10. The molecule has 25 heavy (non-hydrogen) atoms. The molecule has 0 spiro atoms. The zero-order chi connectivity index (χ0) is 18.4. The van der Waals surface area contributed by atoms with Crippen LogP contribution in [0.25, 0.3) is 0 Å². The lowest BCUT2D eigenvalue weighted by atomic mass is 10.1. The Kier molecular flexibility index (Phi) is 5.89. The molecule has 0 saturated heterocycles. The van der Waals surface area contributed by atoms with Crippen LogP contribution in [0.15, 0.2) is 42.5 Å². The van der Waals surface area contributed by atoms with Gasteiger partial charge in [-0.15, -0.1) is 0 Å². The second-order valence-corrected chi connectivity index (χ2v) is 5.58. The number of ether oxygens (including phenoxy) is 1. The molecular formula is C19H20N2O4. The van der Waals surface area contributed by atoms with Gasteiger partial charge in [0.1, 0.15) is 0 Å². The Balaban J connectivity index is 1.93. The summed E-state index contributed by atoms with van der Waals surface area (Å²) in [6, 6.07) is 11.7. The summed E-state index contributed by atoms with van der Waals surface area (Å²) in [5.41, 5.74) is 3.33. The summed E-state index contributed by atoms with van der Waals surface area (Å²) in [6.07, 6.45) is 0. The highest BCUT2D eigenvalue weighted by Crippen LogP contribution is 2.12. The van der Waals surface area contributed by atoms with Gasteiger partial charge in [-0.1, -0.05) is 12.1 Å². The van der Waals surface area contributed by atoms with Gasteiger partial charge in [-0.25, -0.2) is 4.79 Å². The fourth-order valence-corrected chi connectivity index (χ4v) is 2.16. The van der Waals surface area contributed by atoms with Crippen molar-refractivity contribution in [1.82, 2.24) is 5.32 Å². The molecule has 0 fully saturated rings. The van der Waals surface area contributed by atoms with Crippen molar-refractivity contribution >= 4 is 23.5 Å². The van der Waals surface area contributed by atoms with Gasteiger partial charge in [0, 0.05) is 18.3 Å². The average molecular weight is 340 g/mol. The van der Waals surface area contributed by atoms with E-state index in [1.54, 1.807) is 36.4 Å². The van der Waals surface area contributed by atoms with E-state index in [9.17, 15) is 14.4 Å². The maximum absolute atomic E-state index is 12.0. The Bertz CT molecular complexity index is 815. The number of esters is 1. The minimum atomic E-state index is -0.558. The standard InChI is InChI=1S/C19H20N2O4/c1-12-7-8-15(9-13(12)2)19(24)25-11-17(22)21-16-6-4-5-14(10-16)18(23)20-3/h4-10H,11H2,1-3H3,(H,20,23)(H,21,22). The van der Waals surface area contributed by atoms with Crippen LogP contribution >= 0.6 is 0 Å². The van der Waals surface area contributed by atoms with Crippen LogP contribution in [0.4, 0.5) is 5.69 Å². The molecule has 0 unspecified atom stereocenters. The molecule has 2 aromatic rings. The van der Waals surface area contributed by atoms with Gasteiger partial charge in [0.05, 0.1) is 5.56 Å². The molecule has 0 aliphatic heterocycles. The zero-order valence-electron chi connectivity index (χ0n) is 14.4. The predicted octanol–water partition coefficient (Wildman–Crippen LogP) is 2.46. The van der Waals surface area contributed by atoms with Crippen LogP contribution in [-0.2, 0) is 9.53 Å². The third-order valence-electron chi connectivity index (χ3n) is 3.71. The number of amides is 2. The lowest BCUT2D eigenvalue weighted by Crippen LogP contribution is -2.22. The van der Waals surface area contributed by atoms with Crippen LogP contribution in [-0.4, -0.2) is 31.4 Å². The topological polar surface area (TPSA) is 84.5 Å². The van der Waals surface area contributed by atoms with Crippen LogP contribution in [0, 0.1) is 13.8 Å². The lowest BCUT2D eigenvalue weighted by molar-refractivity contribution is -0.119. The summed E-state index contributed by atoms with van der Waals surface area (Å²) in [4.78, 5) is 35.5. The van der Waals surface area contributed by atoms with Crippen molar-refractivity contribution in [2.75, 3.05) is 19.0 Å².